The van der Waals surface area contributed by atoms with E-state index in [1.54, 1.807) is 36.4 Å². The van der Waals surface area contributed by atoms with Crippen LogP contribution in [-0.2, 0) is 9.53 Å². The number of anilines is 2. The molecular formula is C18H20Cl2N2O3. The average Bonchev–Trinajstić information content (AvgIpc) is 2.61. The van der Waals surface area contributed by atoms with E-state index < -0.39 is 0 Å². The van der Waals surface area contributed by atoms with Crippen LogP contribution in [0.4, 0.5) is 11.4 Å². The second-order valence-corrected chi connectivity index (χ2v) is 5.99. The van der Waals surface area contributed by atoms with Crippen molar-refractivity contribution in [2.24, 2.45) is 0 Å². The number of halogens is 2. The Labute approximate surface area is 157 Å². The Morgan fingerprint density at radius 1 is 1.08 bits per heavy atom. The summed E-state index contributed by atoms with van der Waals surface area (Å²) in [6.07, 6.45) is 0. The molecule has 0 spiro atoms. The van der Waals surface area contributed by atoms with Crippen LogP contribution in [-0.4, -0.2) is 32.3 Å². The van der Waals surface area contributed by atoms with E-state index in [0.29, 0.717) is 27.2 Å². The lowest BCUT2D eigenvalue weighted by Gasteiger charge is -2.13. The van der Waals surface area contributed by atoms with Crippen molar-refractivity contribution >= 4 is 40.5 Å². The third-order valence-corrected chi connectivity index (χ3v) is 3.84. The molecule has 134 valence electrons. The van der Waals surface area contributed by atoms with Gasteiger partial charge in [0.2, 0.25) is 0 Å². The van der Waals surface area contributed by atoms with E-state index in [-0.39, 0.29) is 5.97 Å². The van der Waals surface area contributed by atoms with Crippen LogP contribution in [0.1, 0.15) is 6.92 Å². The maximum Gasteiger partial charge on any atom is 0.308 e. The zero-order valence-electron chi connectivity index (χ0n) is 13.9. The summed E-state index contributed by atoms with van der Waals surface area (Å²) in [6.45, 7) is 5.18. The molecule has 3 rings (SSSR count). The minimum Gasteiger partial charge on any atom is -0.424 e. The number of hydrogen-bond donors (Lipinski definition) is 2. The molecule has 2 aromatic rings. The first-order chi connectivity index (χ1) is 12.1. The van der Waals surface area contributed by atoms with Crippen LogP contribution in [0, 0.1) is 0 Å². The Bertz CT molecular complexity index is 675. The van der Waals surface area contributed by atoms with Crippen LogP contribution in [0.25, 0.3) is 0 Å². The van der Waals surface area contributed by atoms with Gasteiger partial charge in [0.15, 0.2) is 5.75 Å². The van der Waals surface area contributed by atoms with Crippen molar-refractivity contribution < 1.29 is 14.3 Å². The highest BCUT2D eigenvalue weighted by Gasteiger charge is 2.10. The molecule has 0 aromatic heterocycles. The Balaban J connectivity index is 0.000000316. The van der Waals surface area contributed by atoms with Gasteiger partial charge in [-0.3, -0.25) is 4.79 Å². The number of para-hydroxylation sites is 3. The zero-order chi connectivity index (χ0) is 18.1. The van der Waals surface area contributed by atoms with Gasteiger partial charge in [0.25, 0.3) is 0 Å². The summed E-state index contributed by atoms with van der Waals surface area (Å²) >= 11 is 12.2. The van der Waals surface area contributed by atoms with Crippen LogP contribution in [0.15, 0.2) is 42.5 Å². The standard InChI is InChI=1S/C14H11Cl2NO2.C4H9NO/c1-9(18)19-13-8-3-2-7-12(13)17-14-10(15)5-4-6-11(14)16;1-3-6-4-2-5-1/h2-8,17H,1H3;5H,1-4H2. The lowest BCUT2D eigenvalue weighted by molar-refractivity contribution is -0.131. The molecule has 0 amide bonds. The number of benzene rings is 2. The number of carbonyl (C=O) groups excluding carboxylic acids is 1. The number of ether oxygens (including phenoxy) is 2. The van der Waals surface area contributed by atoms with Crippen LogP contribution < -0.4 is 15.4 Å². The summed E-state index contributed by atoms with van der Waals surface area (Å²) in [4.78, 5) is 11.0. The molecule has 0 aliphatic carbocycles. The molecule has 0 atom stereocenters. The van der Waals surface area contributed by atoms with Gasteiger partial charge in [-0.25, -0.2) is 0 Å². The van der Waals surface area contributed by atoms with Gasteiger partial charge in [-0.05, 0) is 24.3 Å². The van der Waals surface area contributed by atoms with Crippen molar-refractivity contribution in [1.82, 2.24) is 5.32 Å². The van der Waals surface area contributed by atoms with Crippen molar-refractivity contribution in [1.29, 1.82) is 0 Å². The van der Waals surface area contributed by atoms with Gasteiger partial charge in [-0.2, -0.15) is 0 Å². The van der Waals surface area contributed by atoms with Crippen molar-refractivity contribution in [3.63, 3.8) is 0 Å². The van der Waals surface area contributed by atoms with Crippen molar-refractivity contribution in [3.05, 3.63) is 52.5 Å². The van der Waals surface area contributed by atoms with Crippen molar-refractivity contribution in [3.8, 4) is 5.75 Å². The first kappa shape index (κ1) is 19.5. The Kier molecular flexibility index (Phi) is 8.01. The average molecular weight is 383 g/mol. The van der Waals surface area contributed by atoms with Crippen LogP contribution in [0.3, 0.4) is 0 Å². The first-order valence-electron chi connectivity index (χ1n) is 7.85. The molecule has 0 bridgehead atoms. The lowest BCUT2D eigenvalue weighted by Crippen LogP contribution is -2.30. The van der Waals surface area contributed by atoms with Gasteiger partial charge < -0.3 is 20.1 Å². The number of morpholine rings is 1. The smallest absolute Gasteiger partial charge is 0.308 e. The molecule has 5 nitrogen and oxygen atoms in total. The van der Waals surface area contributed by atoms with E-state index in [0.717, 1.165) is 26.3 Å². The fourth-order valence-corrected chi connectivity index (χ4v) is 2.57. The van der Waals surface area contributed by atoms with Crippen LogP contribution in [0.2, 0.25) is 10.0 Å². The predicted molar refractivity (Wildman–Crippen MR) is 101 cm³/mol. The molecule has 0 radical (unpaired) electrons. The maximum absolute atomic E-state index is 11.0. The third kappa shape index (κ3) is 6.55. The van der Waals surface area contributed by atoms with Crippen molar-refractivity contribution in [2.45, 2.75) is 6.92 Å². The summed E-state index contributed by atoms with van der Waals surface area (Å²) < 4.78 is 10.1. The molecular weight excluding hydrogens is 363 g/mol. The van der Waals surface area contributed by atoms with Gasteiger partial charge >= 0.3 is 5.97 Å². The van der Waals surface area contributed by atoms with E-state index in [1.165, 1.54) is 6.92 Å². The number of carbonyl (C=O) groups is 1. The maximum atomic E-state index is 11.0. The van der Waals surface area contributed by atoms with E-state index in [2.05, 4.69) is 10.6 Å². The highest BCUT2D eigenvalue weighted by atomic mass is 35.5. The number of rotatable bonds is 3. The van der Waals surface area contributed by atoms with Crippen molar-refractivity contribution in [2.75, 3.05) is 31.6 Å². The van der Waals surface area contributed by atoms with E-state index >= 15 is 0 Å². The second-order valence-electron chi connectivity index (χ2n) is 5.17. The van der Waals surface area contributed by atoms with Crippen LogP contribution >= 0.6 is 23.2 Å². The molecule has 7 heteroatoms. The van der Waals surface area contributed by atoms with Gasteiger partial charge in [0.05, 0.1) is 34.6 Å². The summed E-state index contributed by atoms with van der Waals surface area (Å²) in [5.74, 6) is 0.0329. The van der Waals surface area contributed by atoms with E-state index in [4.69, 9.17) is 32.7 Å². The number of esters is 1. The minimum absolute atomic E-state index is 0.389. The Morgan fingerprint density at radius 2 is 1.72 bits per heavy atom. The fraction of sp³-hybridized carbons (Fsp3) is 0.278. The third-order valence-electron chi connectivity index (χ3n) is 3.21. The van der Waals surface area contributed by atoms with Crippen LogP contribution in [0.5, 0.6) is 5.75 Å². The van der Waals surface area contributed by atoms with E-state index in [9.17, 15) is 4.79 Å². The molecule has 1 aliphatic heterocycles. The number of nitrogens with one attached hydrogen (secondary N) is 2. The zero-order valence-corrected chi connectivity index (χ0v) is 15.4. The summed E-state index contributed by atoms with van der Waals surface area (Å²) in [5, 5.41) is 7.21. The lowest BCUT2D eigenvalue weighted by atomic mass is 10.2. The molecule has 2 aromatic carbocycles. The van der Waals surface area contributed by atoms with E-state index in [1.807, 2.05) is 6.07 Å². The second kappa shape index (κ2) is 10.3. The molecule has 1 aliphatic rings. The quantitative estimate of drug-likeness (QED) is 0.613. The van der Waals surface area contributed by atoms with Gasteiger partial charge in [0.1, 0.15) is 0 Å². The van der Waals surface area contributed by atoms with Gasteiger partial charge in [-0.15, -0.1) is 0 Å². The molecule has 0 saturated carbocycles. The molecule has 1 saturated heterocycles. The fourth-order valence-electron chi connectivity index (χ4n) is 2.08. The molecule has 1 fully saturated rings. The molecule has 1 heterocycles. The molecule has 25 heavy (non-hydrogen) atoms. The SMILES string of the molecule is C1COCCN1.CC(=O)Oc1ccccc1Nc1c(Cl)cccc1Cl. The molecule has 2 N–H and O–H groups in total. The first-order valence-corrected chi connectivity index (χ1v) is 8.60. The highest BCUT2D eigenvalue weighted by Crippen LogP contribution is 2.35. The minimum atomic E-state index is -0.389. The molecule has 0 unspecified atom stereocenters. The summed E-state index contributed by atoms with van der Waals surface area (Å²) in [6, 6.07) is 12.3. The summed E-state index contributed by atoms with van der Waals surface area (Å²) in [7, 11) is 0. The monoisotopic (exact) mass is 382 g/mol. The van der Waals surface area contributed by atoms with Gasteiger partial charge in [-0.1, -0.05) is 41.4 Å². The normalized spacial score (nSPS) is 13.4. The van der Waals surface area contributed by atoms with Gasteiger partial charge in [0, 0.05) is 20.0 Å². The Hall–Kier alpha value is -1.79. The number of hydrogen-bond acceptors (Lipinski definition) is 5. The highest BCUT2D eigenvalue weighted by molar-refractivity contribution is 6.39. The Morgan fingerprint density at radius 3 is 2.24 bits per heavy atom. The largest absolute Gasteiger partial charge is 0.424 e. The summed E-state index contributed by atoms with van der Waals surface area (Å²) in [5.41, 5.74) is 1.19. The predicted octanol–water partition coefficient (Wildman–Crippen LogP) is 4.27. The topological polar surface area (TPSA) is 59.6 Å².